The molecule has 1 atom stereocenters. The van der Waals surface area contributed by atoms with Gasteiger partial charge in [0.1, 0.15) is 0 Å². The van der Waals surface area contributed by atoms with E-state index in [2.05, 4.69) is 25.8 Å². The van der Waals surface area contributed by atoms with Crippen LogP contribution in [0.2, 0.25) is 0 Å². The summed E-state index contributed by atoms with van der Waals surface area (Å²) in [4.78, 5) is 11.9. The third-order valence-electron chi connectivity index (χ3n) is 3.33. The Bertz CT molecular complexity index is 558. The standard InChI is InChI=1S/C11H14N6O/c1-17-10-4-2-3-8(7(10)5-13-17)14-11(18)9-6-12-16-15-9/h5-6,8H,2-4H2,1H3,(H,14,18)(H,12,15,16). The summed E-state index contributed by atoms with van der Waals surface area (Å²) >= 11 is 0. The van der Waals surface area contributed by atoms with E-state index in [0.29, 0.717) is 5.69 Å². The van der Waals surface area contributed by atoms with Gasteiger partial charge < -0.3 is 5.32 Å². The van der Waals surface area contributed by atoms with Crippen molar-refractivity contribution in [2.45, 2.75) is 25.3 Å². The van der Waals surface area contributed by atoms with Crippen molar-refractivity contribution in [3.05, 3.63) is 29.3 Å². The average molecular weight is 246 g/mol. The molecule has 0 fully saturated rings. The predicted molar refractivity (Wildman–Crippen MR) is 62.7 cm³/mol. The topological polar surface area (TPSA) is 88.5 Å². The molecule has 0 saturated heterocycles. The first-order valence-electron chi connectivity index (χ1n) is 5.93. The van der Waals surface area contributed by atoms with E-state index in [1.54, 1.807) is 0 Å². The summed E-state index contributed by atoms with van der Waals surface area (Å²) in [6.45, 7) is 0. The van der Waals surface area contributed by atoms with Gasteiger partial charge in [0, 0.05) is 18.3 Å². The maximum absolute atomic E-state index is 11.9. The zero-order chi connectivity index (χ0) is 12.5. The van der Waals surface area contributed by atoms with Crippen LogP contribution in [0.4, 0.5) is 0 Å². The molecule has 0 aliphatic heterocycles. The quantitative estimate of drug-likeness (QED) is 0.800. The van der Waals surface area contributed by atoms with Crippen molar-refractivity contribution in [1.82, 2.24) is 30.5 Å². The number of hydrogen-bond acceptors (Lipinski definition) is 4. The Labute approximate surface area is 104 Å². The zero-order valence-electron chi connectivity index (χ0n) is 10.1. The summed E-state index contributed by atoms with van der Waals surface area (Å²) in [5.74, 6) is -0.203. The van der Waals surface area contributed by atoms with E-state index >= 15 is 0 Å². The van der Waals surface area contributed by atoms with E-state index in [0.717, 1.165) is 24.8 Å². The number of rotatable bonds is 2. The van der Waals surface area contributed by atoms with Crippen molar-refractivity contribution in [3.8, 4) is 0 Å². The van der Waals surface area contributed by atoms with Gasteiger partial charge in [-0.2, -0.15) is 20.5 Å². The van der Waals surface area contributed by atoms with E-state index in [9.17, 15) is 4.79 Å². The van der Waals surface area contributed by atoms with Gasteiger partial charge in [-0.3, -0.25) is 9.48 Å². The number of aromatic amines is 1. The van der Waals surface area contributed by atoms with Gasteiger partial charge in [0.2, 0.25) is 0 Å². The Morgan fingerprint density at radius 1 is 1.56 bits per heavy atom. The minimum atomic E-state index is -0.203. The SMILES string of the molecule is Cn1ncc2c1CCCC2NC(=O)c1cn[nH]n1. The second-order valence-electron chi connectivity index (χ2n) is 4.44. The summed E-state index contributed by atoms with van der Waals surface area (Å²) in [5.41, 5.74) is 2.62. The average Bonchev–Trinajstić information content (AvgIpc) is 3.00. The zero-order valence-corrected chi connectivity index (χ0v) is 10.1. The molecular weight excluding hydrogens is 232 g/mol. The van der Waals surface area contributed by atoms with Crippen molar-refractivity contribution in [1.29, 1.82) is 0 Å². The number of hydrogen-bond donors (Lipinski definition) is 2. The van der Waals surface area contributed by atoms with Crippen molar-refractivity contribution in [2.24, 2.45) is 7.05 Å². The number of carbonyl (C=O) groups is 1. The summed E-state index contributed by atoms with van der Waals surface area (Å²) in [6, 6.07) is 0.0200. The van der Waals surface area contributed by atoms with Crippen LogP contribution in [0.1, 0.15) is 40.6 Å². The van der Waals surface area contributed by atoms with E-state index in [1.165, 1.54) is 11.9 Å². The third kappa shape index (κ3) is 1.77. The van der Waals surface area contributed by atoms with Gasteiger partial charge in [0.05, 0.1) is 18.4 Å². The summed E-state index contributed by atoms with van der Waals surface area (Å²) in [6.07, 6.45) is 6.26. The molecule has 94 valence electrons. The van der Waals surface area contributed by atoms with E-state index < -0.39 is 0 Å². The number of aryl methyl sites for hydroxylation is 1. The highest BCUT2D eigenvalue weighted by Gasteiger charge is 2.25. The second-order valence-corrected chi connectivity index (χ2v) is 4.44. The van der Waals surface area contributed by atoms with Crippen LogP contribution in [0.15, 0.2) is 12.4 Å². The van der Waals surface area contributed by atoms with Crippen molar-refractivity contribution in [2.75, 3.05) is 0 Å². The molecule has 7 nitrogen and oxygen atoms in total. The molecular formula is C11H14N6O. The number of nitrogens with zero attached hydrogens (tertiary/aromatic N) is 4. The molecule has 0 radical (unpaired) electrons. The molecule has 1 aliphatic rings. The summed E-state index contributed by atoms with van der Waals surface area (Å²) in [7, 11) is 1.93. The van der Waals surface area contributed by atoms with Gasteiger partial charge in [0.15, 0.2) is 5.69 Å². The van der Waals surface area contributed by atoms with E-state index in [-0.39, 0.29) is 11.9 Å². The number of H-pyrrole nitrogens is 1. The minimum absolute atomic E-state index is 0.0200. The molecule has 1 aliphatic carbocycles. The van der Waals surface area contributed by atoms with Crippen molar-refractivity contribution < 1.29 is 4.79 Å². The van der Waals surface area contributed by atoms with Gasteiger partial charge in [-0.25, -0.2) is 0 Å². The van der Waals surface area contributed by atoms with Crippen LogP contribution in [0, 0.1) is 0 Å². The number of fused-ring (bicyclic) bond motifs is 1. The lowest BCUT2D eigenvalue weighted by Crippen LogP contribution is -2.31. The van der Waals surface area contributed by atoms with E-state index in [4.69, 9.17) is 0 Å². The fourth-order valence-electron chi connectivity index (χ4n) is 2.40. The molecule has 0 aromatic carbocycles. The van der Waals surface area contributed by atoms with Crippen LogP contribution in [0.3, 0.4) is 0 Å². The molecule has 1 unspecified atom stereocenters. The lowest BCUT2D eigenvalue weighted by molar-refractivity contribution is 0.0927. The Kier molecular flexibility index (Phi) is 2.58. The smallest absolute Gasteiger partial charge is 0.273 e. The van der Waals surface area contributed by atoms with Crippen LogP contribution in [-0.2, 0) is 13.5 Å². The fraction of sp³-hybridized carbons (Fsp3) is 0.455. The monoisotopic (exact) mass is 246 g/mol. The Morgan fingerprint density at radius 3 is 3.22 bits per heavy atom. The normalized spacial score (nSPS) is 18.4. The van der Waals surface area contributed by atoms with Crippen LogP contribution >= 0.6 is 0 Å². The molecule has 2 heterocycles. The predicted octanol–water partition coefficient (Wildman–Crippen LogP) is 0.346. The van der Waals surface area contributed by atoms with Gasteiger partial charge in [-0.1, -0.05) is 0 Å². The highest BCUT2D eigenvalue weighted by molar-refractivity contribution is 5.92. The Hall–Kier alpha value is -2.18. The van der Waals surface area contributed by atoms with Gasteiger partial charge in [-0.15, -0.1) is 0 Å². The number of nitrogens with one attached hydrogen (secondary N) is 2. The van der Waals surface area contributed by atoms with Gasteiger partial charge in [-0.05, 0) is 19.3 Å². The number of carbonyl (C=O) groups excluding carboxylic acids is 1. The van der Waals surface area contributed by atoms with Crippen molar-refractivity contribution >= 4 is 5.91 Å². The molecule has 2 aromatic rings. The molecule has 2 aromatic heterocycles. The van der Waals surface area contributed by atoms with E-state index in [1.807, 2.05) is 17.9 Å². The van der Waals surface area contributed by atoms with Crippen molar-refractivity contribution in [3.63, 3.8) is 0 Å². The van der Waals surface area contributed by atoms with Crippen LogP contribution in [0.25, 0.3) is 0 Å². The molecule has 1 amide bonds. The van der Waals surface area contributed by atoms with Crippen LogP contribution < -0.4 is 5.32 Å². The molecule has 3 rings (SSSR count). The Morgan fingerprint density at radius 2 is 2.44 bits per heavy atom. The summed E-state index contributed by atoms with van der Waals surface area (Å²) < 4.78 is 1.88. The molecule has 18 heavy (non-hydrogen) atoms. The molecule has 0 bridgehead atoms. The molecule has 0 saturated carbocycles. The number of amides is 1. The highest BCUT2D eigenvalue weighted by Crippen LogP contribution is 2.29. The maximum atomic E-state index is 11.9. The summed E-state index contributed by atoms with van der Waals surface area (Å²) in [5, 5.41) is 17.1. The van der Waals surface area contributed by atoms with Gasteiger partial charge in [0.25, 0.3) is 5.91 Å². The van der Waals surface area contributed by atoms with Gasteiger partial charge >= 0.3 is 0 Å². The number of aromatic nitrogens is 5. The molecule has 7 heteroatoms. The first kappa shape index (κ1) is 10.9. The first-order valence-corrected chi connectivity index (χ1v) is 5.93. The lowest BCUT2D eigenvalue weighted by Gasteiger charge is -2.23. The second kappa shape index (κ2) is 4.25. The fourth-order valence-corrected chi connectivity index (χ4v) is 2.40. The lowest BCUT2D eigenvalue weighted by atomic mass is 9.93. The van der Waals surface area contributed by atoms with Crippen LogP contribution in [0.5, 0.6) is 0 Å². The molecule has 0 spiro atoms. The molecule has 2 N–H and O–H groups in total. The van der Waals surface area contributed by atoms with Crippen LogP contribution in [-0.4, -0.2) is 31.1 Å². The Balaban J connectivity index is 1.80. The largest absolute Gasteiger partial charge is 0.344 e. The maximum Gasteiger partial charge on any atom is 0.273 e. The minimum Gasteiger partial charge on any atom is -0.344 e. The third-order valence-corrected chi connectivity index (χ3v) is 3.33. The first-order chi connectivity index (χ1) is 8.75. The highest BCUT2D eigenvalue weighted by atomic mass is 16.2.